The number of nitrogens with one attached hydrogen (secondary N) is 1. The Balaban J connectivity index is 2.19. The number of unbranched alkanes of at least 4 members (excludes halogenated alkanes) is 1. The summed E-state index contributed by atoms with van der Waals surface area (Å²) >= 11 is 1.85. The Bertz CT molecular complexity index is 512. The lowest BCUT2D eigenvalue weighted by molar-refractivity contribution is 0.637. The van der Waals surface area contributed by atoms with Crippen molar-refractivity contribution in [1.29, 1.82) is 0 Å². The Labute approximate surface area is 127 Å². The van der Waals surface area contributed by atoms with Gasteiger partial charge in [-0.3, -0.25) is 0 Å². The molecular formula is C18H25NS. The van der Waals surface area contributed by atoms with Gasteiger partial charge in [-0.05, 0) is 54.4 Å². The molecular weight excluding hydrogens is 262 g/mol. The first-order chi connectivity index (χ1) is 9.76. The maximum atomic E-state index is 3.62. The highest BCUT2D eigenvalue weighted by Crippen LogP contribution is 2.29. The van der Waals surface area contributed by atoms with Crippen molar-refractivity contribution >= 4 is 11.3 Å². The predicted octanol–water partition coefficient (Wildman–Crippen LogP) is 5.10. The van der Waals surface area contributed by atoms with Crippen molar-refractivity contribution in [2.45, 2.75) is 46.1 Å². The zero-order chi connectivity index (χ0) is 14.4. The average Bonchev–Trinajstić information content (AvgIpc) is 2.89. The van der Waals surface area contributed by atoms with Gasteiger partial charge in [0, 0.05) is 4.88 Å². The van der Waals surface area contributed by atoms with E-state index in [1.807, 2.05) is 11.3 Å². The molecule has 1 nitrogen and oxygen atoms in total. The van der Waals surface area contributed by atoms with Crippen LogP contribution in [0.25, 0.3) is 0 Å². The fourth-order valence-corrected chi connectivity index (χ4v) is 3.53. The second-order valence-corrected chi connectivity index (χ2v) is 6.25. The Morgan fingerprint density at radius 1 is 1.10 bits per heavy atom. The molecule has 0 radical (unpaired) electrons. The Kier molecular flexibility index (Phi) is 5.81. The molecule has 2 aromatic rings. The fourth-order valence-electron chi connectivity index (χ4n) is 2.50. The normalized spacial score (nSPS) is 12.6. The van der Waals surface area contributed by atoms with E-state index in [0.29, 0.717) is 6.04 Å². The largest absolute Gasteiger partial charge is 0.306 e. The van der Waals surface area contributed by atoms with E-state index in [4.69, 9.17) is 0 Å². The van der Waals surface area contributed by atoms with Crippen molar-refractivity contribution in [3.63, 3.8) is 0 Å². The Morgan fingerprint density at radius 3 is 2.40 bits per heavy atom. The van der Waals surface area contributed by atoms with Crippen molar-refractivity contribution in [2.24, 2.45) is 0 Å². The number of thiophene rings is 1. The van der Waals surface area contributed by atoms with Gasteiger partial charge in [-0.15, -0.1) is 11.3 Å². The summed E-state index contributed by atoms with van der Waals surface area (Å²) in [4.78, 5) is 1.44. The summed E-state index contributed by atoms with van der Waals surface area (Å²) in [5.74, 6) is 0. The molecule has 1 unspecified atom stereocenters. The molecule has 0 aliphatic carbocycles. The standard InChI is InChI=1S/C18H25NS/c1-4-6-7-15-8-10-16(11-9-15)17(19-5-2)18-14(3)12-13-20-18/h8-13,17,19H,4-7H2,1-3H3. The molecule has 1 aromatic carbocycles. The molecule has 0 saturated heterocycles. The van der Waals surface area contributed by atoms with E-state index in [2.05, 4.69) is 61.8 Å². The number of benzene rings is 1. The first-order valence-corrected chi connectivity index (χ1v) is 8.50. The minimum atomic E-state index is 0.334. The lowest BCUT2D eigenvalue weighted by atomic mass is 10.00. The minimum Gasteiger partial charge on any atom is -0.306 e. The lowest BCUT2D eigenvalue weighted by Crippen LogP contribution is -2.21. The van der Waals surface area contributed by atoms with Gasteiger partial charge in [-0.25, -0.2) is 0 Å². The van der Waals surface area contributed by atoms with Crippen LogP contribution in [0, 0.1) is 6.92 Å². The molecule has 1 N–H and O–H groups in total. The lowest BCUT2D eigenvalue weighted by Gasteiger charge is -2.18. The third-order valence-corrected chi connectivity index (χ3v) is 4.79. The van der Waals surface area contributed by atoms with Crippen LogP contribution in [0.15, 0.2) is 35.7 Å². The first-order valence-electron chi connectivity index (χ1n) is 7.62. The quantitative estimate of drug-likeness (QED) is 0.747. The molecule has 0 aliphatic rings. The van der Waals surface area contributed by atoms with E-state index in [0.717, 1.165) is 6.54 Å². The van der Waals surface area contributed by atoms with Gasteiger partial charge in [0.05, 0.1) is 6.04 Å². The van der Waals surface area contributed by atoms with Gasteiger partial charge in [0.25, 0.3) is 0 Å². The summed E-state index contributed by atoms with van der Waals surface area (Å²) in [5, 5.41) is 5.80. The van der Waals surface area contributed by atoms with Gasteiger partial charge in [0.15, 0.2) is 0 Å². The molecule has 1 atom stereocenters. The smallest absolute Gasteiger partial charge is 0.0673 e. The van der Waals surface area contributed by atoms with Crippen LogP contribution < -0.4 is 5.32 Å². The predicted molar refractivity (Wildman–Crippen MR) is 89.6 cm³/mol. The molecule has 0 aliphatic heterocycles. The van der Waals surface area contributed by atoms with Crippen LogP contribution in [-0.2, 0) is 6.42 Å². The molecule has 0 saturated carbocycles. The highest BCUT2D eigenvalue weighted by molar-refractivity contribution is 7.10. The van der Waals surface area contributed by atoms with E-state index < -0.39 is 0 Å². The maximum absolute atomic E-state index is 3.62. The van der Waals surface area contributed by atoms with Crippen LogP contribution >= 0.6 is 11.3 Å². The summed E-state index contributed by atoms with van der Waals surface area (Å²) in [6.45, 7) is 7.60. The summed E-state index contributed by atoms with van der Waals surface area (Å²) < 4.78 is 0. The summed E-state index contributed by atoms with van der Waals surface area (Å²) in [6, 6.07) is 11.7. The molecule has 0 spiro atoms. The van der Waals surface area contributed by atoms with Crippen LogP contribution in [0.4, 0.5) is 0 Å². The number of hydrogen-bond donors (Lipinski definition) is 1. The van der Waals surface area contributed by atoms with Crippen molar-refractivity contribution in [2.75, 3.05) is 6.54 Å². The van der Waals surface area contributed by atoms with Crippen molar-refractivity contribution in [1.82, 2.24) is 5.32 Å². The van der Waals surface area contributed by atoms with Gasteiger partial charge in [-0.2, -0.15) is 0 Å². The number of aryl methyl sites for hydroxylation is 2. The van der Waals surface area contributed by atoms with Crippen molar-refractivity contribution in [3.05, 3.63) is 57.3 Å². The monoisotopic (exact) mass is 287 g/mol. The van der Waals surface area contributed by atoms with Crippen molar-refractivity contribution in [3.8, 4) is 0 Å². The highest BCUT2D eigenvalue weighted by Gasteiger charge is 2.16. The zero-order valence-corrected chi connectivity index (χ0v) is 13.6. The molecule has 2 rings (SSSR count). The topological polar surface area (TPSA) is 12.0 Å². The maximum Gasteiger partial charge on any atom is 0.0673 e. The van der Waals surface area contributed by atoms with Crippen LogP contribution in [0.1, 0.15) is 54.3 Å². The van der Waals surface area contributed by atoms with Gasteiger partial charge in [-0.1, -0.05) is 44.5 Å². The van der Waals surface area contributed by atoms with E-state index in [9.17, 15) is 0 Å². The van der Waals surface area contributed by atoms with Gasteiger partial charge >= 0.3 is 0 Å². The summed E-state index contributed by atoms with van der Waals surface area (Å²) in [7, 11) is 0. The Hall–Kier alpha value is -1.12. The molecule has 1 aromatic heterocycles. The van der Waals surface area contributed by atoms with E-state index in [-0.39, 0.29) is 0 Å². The fraction of sp³-hybridized carbons (Fsp3) is 0.444. The minimum absolute atomic E-state index is 0.334. The molecule has 2 heteroatoms. The second kappa shape index (κ2) is 7.61. The van der Waals surface area contributed by atoms with Crippen LogP contribution in [0.3, 0.4) is 0 Å². The molecule has 20 heavy (non-hydrogen) atoms. The highest BCUT2D eigenvalue weighted by atomic mass is 32.1. The van der Waals surface area contributed by atoms with Gasteiger partial charge in [0.1, 0.15) is 0 Å². The Morgan fingerprint density at radius 2 is 1.85 bits per heavy atom. The number of rotatable bonds is 7. The first kappa shape index (κ1) is 15.3. The zero-order valence-electron chi connectivity index (χ0n) is 12.8. The molecule has 0 amide bonds. The third kappa shape index (κ3) is 3.71. The molecule has 1 heterocycles. The van der Waals surface area contributed by atoms with Crippen LogP contribution in [0.2, 0.25) is 0 Å². The molecule has 0 fully saturated rings. The van der Waals surface area contributed by atoms with Crippen molar-refractivity contribution < 1.29 is 0 Å². The second-order valence-electron chi connectivity index (χ2n) is 5.30. The summed E-state index contributed by atoms with van der Waals surface area (Å²) in [5.41, 5.74) is 4.21. The number of hydrogen-bond acceptors (Lipinski definition) is 2. The molecule has 108 valence electrons. The van der Waals surface area contributed by atoms with Crippen LogP contribution in [-0.4, -0.2) is 6.54 Å². The average molecular weight is 287 g/mol. The SMILES string of the molecule is CCCCc1ccc(C(NCC)c2sccc2C)cc1. The molecule has 0 bridgehead atoms. The van der Waals surface area contributed by atoms with Gasteiger partial charge in [0.2, 0.25) is 0 Å². The summed E-state index contributed by atoms with van der Waals surface area (Å²) in [6.07, 6.45) is 3.73. The van der Waals surface area contributed by atoms with E-state index >= 15 is 0 Å². The van der Waals surface area contributed by atoms with Gasteiger partial charge < -0.3 is 5.32 Å². The van der Waals surface area contributed by atoms with E-state index in [1.165, 1.54) is 40.8 Å². The third-order valence-electron chi connectivity index (χ3n) is 3.70. The van der Waals surface area contributed by atoms with E-state index in [1.54, 1.807) is 0 Å². The van der Waals surface area contributed by atoms with Crippen LogP contribution in [0.5, 0.6) is 0 Å².